The summed E-state index contributed by atoms with van der Waals surface area (Å²) in [7, 11) is 0. The number of hydrogen-bond donors (Lipinski definition) is 1. The van der Waals surface area contributed by atoms with Gasteiger partial charge in [-0.05, 0) is 41.7 Å². The normalized spacial score (nSPS) is 18.8. The predicted octanol–water partition coefficient (Wildman–Crippen LogP) is 3.78. The van der Waals surface area contributed by atoms with Crippen molar-refractivity contribution >= 4 is 17.5 Å². The first-order valence-electron chi connectivity index (χ1n) is 8.88. The van der Waals surface area contributed by atoms with Crippen LogP contribution in [-0.4, -0.2) is 29.4 Å². The first-order valence-corrected chi connectivity index (χ1v) is 9.26. The van der Waals surface area contributed by atoms with Crippen molar-refractivity contribution in [3.05, 3.63) is 59.1 Å². The van der Waals surface area contributed by atoms with Crippen LogP contribution in [-0.2, 0) is 11.2 Å². The van der Waals surface area contributed by atoms with Crippen molar-refractivity contribution in [1.29, 1.82) is 5.26 Å². The highest BCUT2D eigenvalue weighted by atomic mass is 35.5. The Kier molecular flexibility index (Phi) is 5.92. The number of nitriles is 1. The number of benzene rings is 2. The summed E-state index contributed by atoms with van der Waals surface area (Å²) in [4.78, 5) is 13.7. The molecular weight excluding hydrogens is 346 g/mol. The lowest BCUT2D eigenvalue weighted by Crippen LogP contribution is -2.52. The fourth-order valence-corrected chi connectivity index (χ4v) is 3.78. The maximum Gasteiger partial charge on any atom is 0.234 e. The van der Waals surface area contributed by atoms with E-state index in [1.807, 2.05) is 53.4 Å². The third-order valence-corrected chi connectivity index (χ3v) is 5.20. The monoisotopic (exact) mass is 367 g/mol. The lowest BCUT2D eigenvalue weighted by atomic mass is 9.96. The third-order valence-electron chi connectivity index (χ3n) is 4.96. The van der Waals surface area contributed by atoms with Crippen molar-refractivity contribution in [2.45, 2.75) is 37.8 Å². The molecule has 0 aromatic heterocycles. The van der Waals surface area contributed by atoms with Crippen LogP contribution in [0.3, 0.4) is 0 Å². The van der Waals surface area contributed by atoms with Gasteiger partial charge in [-0.2, -0.15) is 5.26 Å². The van der Waals surface area contributed by atoms with Gasteiger partial charge in [0.2, 0.25) is 5.91 Å². The van der Waals surface area contributed by atoms with Gasteiger partial charge in [-0.15, -0.1) is 0 Å². The Balaban J connectivity index is 1.74. The van der Waals surface area contributed by atoms with E-state index in [1.54, 1.807) is 0 Å². The van der Waals surface area contributed by atoms with Gasteiger partial charge in [0.25, 0.3) is 0 Å². The summed E-state index contributed by atoms with van der Waals surface area (Å²) >= 11 is 6.06. The van der Waals surface area contributed by atoms with Gasteiger partial charge in [-0.3, -0.25) is 9.69 Å². The van der Waals surface area contributed by atoms with E-state index < -0.39 is 0 Å². The van der Waals surface area contributed by atoms with Gasteiger partial charge in [0.15, 0.2) is 0 Å². The molecule has 2 N–H and O–H groups in total. The standard InChI is InChI=1S/C21H22ClN3O/c22-18-5-3-4-17(13-18)16-9-7-15(8-10-16)12-19(14-23)25-11-2-1-6-20(25)21(24)26/h3-5,7-10,13,19-20H,1-2,6,11-12H2,(H2,24,26)/t19-,20?/m0/s1. The maximum atomic E-state index is 11.7. The molecule has 4 nitrogen and oxygen atoms in total. The van der Waals surface area contributed by atoms with Gasteiger partial charge in [0.1, 0.15) is 6.04 Å². The second kappa shape index (κ2) is 8.35. The predicted molar refractivity (Wildman–Crippen MR) is 104 cm³/mol. The van der Waals surface area contributed by atoms with Crippen LogP contribution in [0.5, 0.6) is 0 Å². The molecule has 5 heteroatoms. The molecule has 1 aliphatic heterocycles. The molecule has 0 bridgehead atoms. The van der Waals surface area contributed by atoms with Crippen LogP contribution in [0.15, 0.2) is 48.5 Å². The Hall–Kier alpha value is -2.35. The van der Waals surface area contributed by atoms with Crippen LogP contribution >= 0.6 is 11.6 Å². The highest BCUT2D eigenvalue weighted by molar-refractivity contribution is 6.30. The zero-order chi connectivity index (χ0) is 18.5. The van der Waals surface area contributed by atoms with Gasteiger partial charge >= 0.3 is 0 Å². The minimum atomic E-state index is -0.343. The molecule has 1 amide bonds. The molecule has 1 unspecified atom stereocenters. The summed E-state index contributed by atoms with van der Waals surface area (Å²) in [5.41, 5.74) is 8.75. The molecule has 0 saturated carbocycles. The number of halogens is 1. The number of amides is 1. The van der Waals surface area contributed by atoms with E-state index in [9.17, 15) is 10.1 Å². The maximum absolute atomic E-state index is 11.7. The average molecular weight is 368 g/mol. The van der Waals surface area contributed by atoms with E-state index in [4.69, 9.17) is 17.3 Å². The van der Waals surface area contributed by atoms with Crippen LogP contribution in [0.1, 0.15) is 24.8 Å². The van der Waals surface area contributed by atoms with E-state index in [-0.39, 0.29) is 18.0 Å². The second-order valence-electron chi connectivity index (χ2n) is 6.71. The number of nitrogens with two attached hydrogens (primary N) is 1. The molecule has 1 fully saturated rings. The number of piperidine rings is 1. The van der Waals surface area contributed by atoms with Crippen molar-refractivity contribution < 1.29 is 4.79 Å². The fraction of sp³-hybridized carbons (Fsp3) is 0.333. The number of primary amides is 1. The molecule has 0 spiro atoms. The van der Waals surface area contributed by atoms with Crippen molar-refractivity contribution in [1.82, 2.24) is 4.90 Å². The molecule has 1 saturated heterocycles. The van der Waals surface area contributed by atoms with E-state index in [2.05, 4.69) is 6.07 Å². The summed E-state index contributed by atoms with van der Waals surface area (Å²) < 4.78 is 0. The molecule has 0 aliphatic carbocycles. The number of likely N-dealkylation sites (tertiary alicyclic amines) is 1. The minimum Gasteiger partial charge on any atom is -0.368 e. The minimum absolute atomic E-state index is 0.332. The number of rotatable bonds is 5. The Morgan fingerprint density at radius 3 is 2.65 bits per heavy atom. The molecule has 2 atom stereocenters. The van der Waals surface area contributed by atoms with Gasteiger partial charge < -0.3 is 5.73 Å². The molecule has 2 aromatic rings. The van der Waals surface area contributed by atoms with E-state index in [1.165, 1.54) is 0 Å². The van der Waals surface area contributed by atoms with E-state index in [0.717, 1.165) is 42.5 Å². The smallest absolute Gasteiger partial charge is 0.234 e. The average Bonchev–Trinajstić information content (AvgIpc) is 2.66. The van der Waals surface area contributed by atoms with Crippen LogP contribution in [0.2, 0.25) is 5.02 Å². The van der Waals surface area contributed by atoms with Gasteiger partial charge in [0.05, 0.1) is 12.1 Å². The highest BCUT2D eigenvalue weighted by Gasteiger charge is 2.32. The molecule has 1 aliphatic rings. The quantitative estimate of drug-likeness (QED) is 0.874. The molecule has 3 rings (SSSR count). The summed E-state index contributed by atoms with van der Waals surface area (Å²) in [5.74, 6) is -0.332. The van der Waals surface area contributed by atoms with Crippen LogP contribution in [0.4, 0.5) is 0 Å². The lowest BCUT2D eigenvalue weighted by Gasteiger charge is -2.36. The van der Waals surface area contributed by atoms with Crippen molar-refractivity contribution in [2.75, 3.05) is 6.54 Å². The number of carbonyl (C=O) groups excluding carboxylic acids is 1. The van der Waals surface area contributed by atoms with Crippen LogP contribution in [0, 0.1) is 11.3 Å². The Morgan fingerprint density at radius 2 is 2.00 bits per heavy atom. The lowest BCUT2D eigenvalue weighted by molar-refractivity contribution is -0.125. The SMILES string of the molecule is N#C[C@H](Cc1ccc(-c2cccc(Cl)c2)cc1)N1CCCCC1C(N)=O. The molecular formula is C21H22ClN3O. The molecule has 0 radical (unpaired) electrons. The van der Waals surface area contributed by atoms with Gasteiger partial charge in [-0.25, -0.2) is 0 Å². The summed E-state index contributed by atoms with van der Waals surface area (Å²) in [6, 6.07) is 17.6. The van der Waals surface area contributed by atoms with Crippen molar-refractivity contribution in [3.63, 3.8) is 0 Å². The van der Waals surface area contributed by atoms with Crippen LogP contribution < -0.4 is 5.73 Å². The van der Waals surface area contributed by atoms with Crippen molar-refractivity contribution in [2.24, 2.45) is 5.73 Å². The zero-order valence-electron chi connectivity index (χ0n) is 14.6. The molecule has 26 heavy (non-hydrogen) atoms. The van der Waals surface area contributed by atoms with Gasteiger partial charge in [-0.1, -0.05) is 54.4 Å². The number of hydrogen-bond acceptors (Lipinski definition) is 3. The summed E-state index contributed by atoms with van der Waals surface area (Å²) in [5, 5.41) is 10.4. The molecule has 2 aromatic carbocycles. The fourth-order valence-electron chi connectivity index (χ4n) is 3.59. The Bertz CT molecular complexity index is 813. The number of carbonyl (C=O) groups is 1. The second-order valence-corrected chi connectivity index (χ2v) is 7.14. The first kappa shape index (κ1) is 18.4. The molecule has 134 valence electrons. The zero-order valence-corrected chi connectivity index (χ0v) is 15.3. The summed E-state index contributed by atoms with van der Waals surface area (Å²) in [6.45, 7) is 0.742. The molecule has 1 heterocycles. The third kappa shape index (κ3) is 4.24. The van der Waals surface area contributed by atoms with Gasteiger partial charge in [0, 0.05) is 18.0 Å². The van der Waals surface area contributed by atoms with Crippen LogP contribution in [0.25, 0.3) is 11.1 Å². The Morgan fingerprint density at radius 1 is 1.23 bits per heavy atom. The highest BCUT2D eigenvalue weighted by Crippen LogP contribution is 2.25. The van der Waals surface area contributed by atoms with E-state index >= 15 is 0 Å². The summed E-state index contributed by atoms with van der Waals surface area (Å²) in [6.07, 6.45) is 3.30. The first-order chi connectivity index (χ1) is 12.6. The van der Waals surface area contributed by atoms with Crippen molar-refractivity contribution in [3.8, 4) is 17.2 Å². The largest absolute Gasteiger partial charge is 0.368 e. The number of nitrogens with zero attached hydrogens (tertiary/aromatic N) is 2. The Labute approximate surface area is 159 Å². The topological polar surface area (TPSA) is 70.1 Å². The van der Waals surface area contributed by atoms with E-state index in [0.29, 0.717) is 11.4 Å².